The van der Waals surface area contributed by atoms with E-state index in [1.807, 2.05) is 16.8 Å². The summed E-state index contributed by atoms with van der Waals surface area (Å²) in [5.74, 6) is 0.970. The molecule has 24 heavy (non-hydrogen) atoms. The number of fused-ring (bicyclic) bond motifs is 3. The predicted octanol–water partition coefficient (Wildman–Crippen LogP) is 1.90. The Morgan fingerprint density at radius 1 is 1.12 bits per heavy atom. The maximum absolute atomic E-state index is 4.58. The van der Waals surface area contributed by atoms with E-state index in [4.69, 9.17) is 0 Å². The molecule has 2 fully saturated rings. The summed E-state index contributed by atoms with van der Waals surface area (Å²) >= 11 is 0. The van der Waals surface area contributed by atoms with E-state index in [2.05, 4.69) is 56.2 Å². The van der Waals surface area contributed by atoms with Gasteiger partial charge in [-0.05, 0) is 18.9 Å². The van der Waals surface area contributed by atoms with Gasteiger partial charge in [0.15, 0.2) is 5.82 Å². The van der Waals surface area contributed by atoms with Crippen molar-refractivity contribution >= 4 is 11.5 Å². The Kier molecular flexibility index (Phi) is 3.06. The van der Waals surface area contributed by atoms with E-state index in [1.54, 1.807) is 6.33 Å². The molecule has 3 aromatic rings. The van der Waals surface area contributed by atoms with Crippen molar-refractivity contribution in [1.82, 2.24) is 24.5 Å². The number of aryl methyl sites for hydroxylation is 1. The third-order valence-corrected chi connectivity index (χ3v) is 5.33. The number of aromatic nitrogens is 4. The van der Waals surface area contributed by atoms with Crippen molar-refractivity contribution in [3.8, 4) is 0 Å². The van der Waals surface area contributed by atoms with Gasteiger partial charge in [-0.1, -0.05) is 29.8 Å². The van der Waals surface area contributed by atoms with E-state index in [-0.39, 0.29) is 0 Å². The van der Waals surface area contributed by atoms with Crippen molar-refractivity contribution in [2.75, 3.05) is 18.0 Å². The molecule has 2 aromatic heterocycles. The molecule has 6 heteroatoms. The quantitative estimate of drug-likeness (QED) is 0.738. The molecule has 5 rings (SSSR count). The van der Waals surface area contributed by atoms with Crippen LogP contribution in [0.15, 0.2) is 43.0 Å². The van der Waals surface area contributed by atoms with Crippen LogP contribution < -0.4 is 4.90 Å². The van der Waals surface area contributed by atoms with Gasteiger partial charge in [-0.25, -0.2) is 4.98 Å². The zero-order valence-corrected chi connectivity index (χ0v) is 13.7. The molecular formula is C18H20N6. The molecule has 1 aromatic carbocycles. The SMILES string of the molecule is Cc1ccc(CN2CC3CC2CN3c2nccn3cnnc23)cc1. The van der Waals surface area contributed by atoms with Gasteiger partial charge in [0, 0.05) is 44.1 Å². The van der Waals surface area contributed by atoms with Crippen LogP contribution in [0.4, 0.5) is 5.82 Å². The number of piperazine rings is 1. The zero-order chi connectivity index (χ0) is 16.1. The van der Waals surface area contributed by atoms with Crippen LogP contribution in [0, 0.1) is 6.92 Å². The van der Waals surface area contributed by atoms with Crippen LogP contribution in [0.5, 0.6) is 0 Å². The van der Waals surface area contributed by atoms with Crippen LogP contribution in [0.1, 0.15) is 17.5 Å². The molecule has 2 bridgehead atoms. The van der Waals surface area contributed by atoms with Crippen molar-refractivity contribution in [1.29, 1.82) is 0 Å². The third-order valence-electron chi connectivity index (χ3n) is 5.33. The molecular weight excluding hydrogens is 300 g/mol. The van der Waals surface area contributed by atoms with Gasteiger partial charge in [-0.2, -0.15) is 0 Å². The first-order valence-electron chi connectivity index (χ1n) is 8.48. The van der Waals surface area contributed by atoms with Crippen LogP contribution in [0.3, 0.4) is 0 Å². The zero-order valence-electron chi connectivity index (χ0n) is 13.7. The molecule has 2 unspecified atom stereocenters. The maximum Gasteiger partial charge on any atom is 0.203 e. The molecule has 122 valence electrons. The molecule has 0 radical (unpaired) electrons. The van der Waals surface area contributed by atoms with Gasteiger partial charge in [-0.15, -0.1) is 10.2 Å². The number of hydrogen-bond donors (Lipinski definition) is 0. The topological polar surface area (TPSA) is 49.6 Å². The van der Waals surface area contributed by atoms with Gasteiger partial charge in [0.1, 0.15) is 6.33 Å². The fourth-order valence-electron chi connectivity index (χ4n) is 4.08. The Morgan fingerprint density at radius 3 is 2.79 bits per heavy atom. The van der Waals surface area contributed by atoms with Gasteiger partial charge in [-0.3, -0.25) is 9.30 Å². The number of likely N-dealkylation sites (tertiary alicyclic amines) is 1. The number of hydrogen-bond acceptors (Lipinski definition) is 5. The highest BCUT2D eigenvalue weighted by atomic mass is 15.4. The smallest absolute Gasteiger partial charge is 0.203 e. The predicted molar refractivity (Wildman–Crippen MR) is 91.9 cm³/mol. The second-order valence-corrected chi connectivity index (χ2v) is 6.92. The molecule has 4 heterocycles. The van der Waals surface area contributed by atoms with E-state index < -0.39 is 0 Å². The lowest BCUT2D eigenvalue weighted by Gasteiger charge is -2.34. The van der Waals surface area contributed by atoms with Crippen molar-refractivity contribution < 1.29 is 0 Å². The summed E-state index contributed by atoms with van der Waals surface area (Å²) in [6, 6.07) is 10.0. The van der Waals surface area contributed by atoms with Gasteiger partial charge >= 0.3 is 0 Å². The minimum absolute atomic E-state index is 0.524. The van der Waals surface area contributed by atoms with Crippen LogP contribution >= 0.6 is 0 Å². The summed E-state index contributed by atoms with van der Waals surface area (Å²) < 4.78 is 1.94. The summed E-state index contributed by atoms with van der Waals surface area (Å²) in [5, 5.41) is 8.25. The van der Waals surface area contributed by atoms with E-state index in [1.165, 1.54) is 17.5 Å². The minimum Gasteiger partial charge on any atom is -0.348 e. The normalized spacial score (nSPS) is 23.5. The molecule has 0 N–H and O–H groups in total. The largest absolute Gasteiger partial charge is 0.348 e. The lowest BCUT2D eigenvalue weighted by Crippen LogP contribution is -2.46. The van der Waals surface area contributed by atoms with Crippen molar-refractivity contribution in [3.63, 3.8) is 0 Å². The third kappa shape index (κ3) is 2.17. The average molecular weight is 320 g/mol. The summed E-state index contributed by atoms with van der Waals surface area (Å²) in [6.07, 6.45) is 6.68. The Labute approximate surface area is 140 Å². The van der Waals surface area contributed by atoms with E-state index >= 15 is 0 Å². The standard InChI is InChI=1S/C18H20N6/c1-13-2-4-14(5-3-13)9-23-10-16-8-15(23)11-24(16)17-18-21-20-12-22(18)7-6-19-17/h2-7,12,15-16H,8-11H2,1H3. The lowest BCUT2D eigenvalue weighted by atomic mass is 10.1. The highest BCUT2D eigenvalue weighted by Crippen LogP contribution is 2.35. The number of anilines is 1. The minimum atomic E-state index is 0.524. The fraction of sp³-hybridized carbons (Fsp3) is 0.389. The van der Waals surface area contributed by atoms with Gasteiger partial charge in [0.05, 0.1) is 0 Å². The summed E-state index contributed by atoms with van der Waals surface area (Å²) in [4.78, 5) is 9.61. The highest BCUT2D eigenvalue weighted by molar-refractivity contribution is 5.64. The first-order chi connectivity index (χ1) is 11.8. The number of nitrogens with zero attached hydrogens (tertiary/aromatic N) is 6. The van der Waals surface area contributed by atoms with E-state index in [0.29, 0.717) is 12.1 Å². The highest BCUT2D eigenvalue weighted by Gasteiger charge is 2.44. The Morgan fingerprint density at radius 2 is 2.00 bits per heavy atom. The maximum atomic E-state index is 4.58. The van der Waals surface area contributed by atoms with Crippen LogP contribution in [0.25, 0.3) is 5.65 Å². The molecule has 2 aliphatic heterocycles. The van der Waals surface area contributed by atoms with Gasteiger partial charge < -0.3 is 4.90 Å². The molecule has 0 amide bonds. The van der Waals surface area contributed by atoms with Crippen molar-refractivity contribution in [3.05, 3.63) is 54.1 Å². The molecule has 0 aliphatic carbocycles. The van der Waals surface area contributed by atoms with Crippen LogP contribution in [-0.4, -0.2) is 49.7 Å². The van der Waals surface area contributed by atoms with E-state index in [0.717, 1.165) is 31.1 Å². The Balaban J connectivity index is 1.35. The molecule has 2 aliphatic rings. The molecule has 2 saturated heterocycles. The Hall–Kier alpha value is -2.47. The van der Waals surface area contributed by atoms with Crippen molar-refractivity contribution in [2.24, 2.45) is 0 Å². The summed E-state index contributed by atoms with van der Waals surface area (Å²) in [6.45, 7) is 5.29. The molecule has 6 nitrogen and oxygen atoms in total. The van der Waals surface area contributed by atoms with Gasteiger partial charge in [0.25, 0.3) is 0 Å². The fourth-order valence-corrected chi connectivity index (χ4v) is 4.08. The van der Waals surface area contributed by atoms with Gasteiger partial charge in [0.2, 0.25) is 5.65 Å². The molecule has 2 atom stereocenters. The molecule has 0 spiro atoms. The number of benzene rings is 1. The first kappa shape index (κ1) is 13.9. The van der Waals surface area contributed by atoms with Crippen molar-refractivity contribution in [2.45, 2.75) is 32.0 Å². The monoisotopic (exact) mass is 320 g/mol. The summed E-state index contributed by atoms with van der Waals surface area (Å²) in [5.41, 5.74) is 3.58. The van der Waals surface area contributed by atoms with E-state index in [9.17, 15) is 0 Å². The molecule has 0 saturated carbocycles. The number of rotatable bonds is 3. The van der Waals surface area contributed by atoms with Crippen LogP contribution in [0.2, 0.25) is 0 Å². The summed E-state index contributed by atoms with van der Waals surface area (Å²) in [7, 11) is 0. The second-order valence-electron chi connectivity index (χ2n) is 6.92. The second kappa shape index (κ2) is 5.27. The van der Waals surface area contributed by atoms with Crippen LogP contribution in [-0.2, 0) is 6.54 Å². The Bertz CT molecular complexity index is 871. The first-order valence-corrected chi connectivity index (χ1v) is 8.48. The lowest BCUT2D eigenvalue weighted by molar-refractivity contribution is 0.230. The average Bonchev–Trinajstić information content (AvgIpc) is 3.31.